The van der Waals surface area contributed by atoms with Crippen LogP contribution < -0.4 is 10.9 Å². The van der Waals surface area contributed by atoms with Gasteiger partial charge in [-0.2, -0.15) is 0 Å². The Kier molecular flexibility index (Phi) is 7.75. The SMILES string of the molecule is Cc1c(F)cc(C(=O)NC2CC2)cc1-c1ccc2c(=O)n(CC3CC3)cc(CN3CCCN(CCO)CC3)c2c1. The molecule has 3 aliphatic rings. The molecule has 2 saturated carbocycles. The quantitative estimate of drug-likeness (QED) is 0.426. The van der Waals surface area contributed by atoms with Crippen molar-refractivity contribution in [2.75, 3.05) is 39.3 Å². The second kappa shape index (κ2) is 11.4. The van der Waals surface area contributed by atoms with Crippen molar-refractivity contribution in [3.8, 4) is 11.1 Å². The summed E-state index contributed by atoms with van der Waals surface area (Å²) in [4.78, 5) is 31.0. The van der Waals surface area contributed by atoms with Crippen LogP contribution in [0.4, 0.5) is 4.39 Å². The fourth-order valence-corrected chi connectivity index (χ4v) is 5.87. The maximum Gasteiger partial charge on any atom is 0.258 e. The lowest BCUT2D eigenvalue weighted by molar-refractivity contribution is 0.0950. The number of hydrogen-bond acceptors (Lipinski definition) is 5. The van der Waals surface area contributed by atoms with Gasteiger partial charge in [0.15, 0.2) is 0 Å². The zero-order chi connectivity index (χ0) is 27.8. The third-order valence-corrected chi connectivity index (χ3v) is 8.64. The molecule has 3 aromatic rings. The fourth-order valence-electron chi connectivity index (χ4n) is 5.87. The van der Waals surface area contributed by atoms with Gasteiger partial charge in [0.05, 0.1) is 6.61 Å². The lowest BCUT2D eigenvalue weighted by atomic mass is 9.94. The number of carbonyl (C=O) groups excluding carboxylic acids is 1. The van der Waals surface area contributed by atoms with Crippen LogP contribution in [0.2, 0.25) is 0 Å². The first-order valence-corrected chi connectivity index (χ1v) is 14.7. The highest BCUT2D eigenvalue weighted by molar-refractivity contribution is 5.97. The van der Waals surface area contributed by atoms with Gasteiger partial charge in [-0.3, -0.25) is 19.4 Å². The largest absolute Gasteiger partial charge is 0.395 e. The molecule has 1 saturated heterocycles. The number of rotatable bonds is 9. The van der Waals surface area contributed by atoms with Crippen LogP contribution in [0, 0.1) is 18.7 Å². The number of carbonyl (C=O) groups is 1. The zero-order valence-electron chi connectivity index (χ0n) is 23.3. The van der Waals surface area contributed by atoms with E-state index in [0.29, 0.717) is 34.5 Å². The van der Waals surface area contributed by atoms with Gasteiger partial charge in [-0.15, -0.1) is 0 Å². The molecule has 8 heteroatoms. The highest BCUT2D eigenvalue weighted by Crippen LogP contribution is 2.33. The summed E-state index contributed by atoms with van der Waals surface area (Å²) in [6, 6.07) is 9.05. The van der Waals surface area contributed by atoms with Gasteiger partial charge in [0, 0.05) is 55.9 Å². The first-order valence-electron chi connectivity index (χ1n) is 14.7. The summed E-state index contributed by atoms with van der Waals surface area (Å²) in [5, 5.41) is 13.9. The van der Waals surface area contributed by atoms with Gasteiger partial charge in [0.2, 0.25) is 0 Å². The second-order valence-corrected chi connectivity index (χ2v) is 11.9. The van der Waals surface area contributed by atoms with E-state index in [-0.39, 0.29) is 24.1 Å². The molecule has 2 N–H and O–H groups in total. The van der Waals surface area contributed by atoms with Gasteiger partial charge in [0.25, 0.3) is 11.5 Å². The molecular weight excluding hydrogens is 507 g/mol. The molecule has 2 aliphatic carbocycles. The van der Waals surface area contributed by atoms with Crippen molar-refractivity contribution < 1.29 is 14.3 Å². The summed E-state index contributed by atoms with van der Waals surface area (Å²) in [7, 11) is 0. The maximum absolute atomic E-state index is 15.1. The number of amides is 1. The minimum Gasteiger partial charge on any atom is -0.395 e. The van der Waals surface area contributed by atoms with Crippen LogP contribution in [0.3, 0.4) is 0 Å². The predicted molar refractivity (Wildman–Crippen MR) is 155 cm³/mol. The summed E-state index contributed by atoms with van der Waals surface area (Å²) in [5.41, 5.74) is 3.39. The van der Waals surface area contributed by atoms with Crippen molar-refractivity contribution in [2.45, 2.75) is 58.2 Å². The molecule has 212 valence electrons. The third kappa shape index (κ3) is 5.99. The summed E-state index contributed by atoms with van der Waals surface area (Å²) >= 11 is 0. The first-order chi connectivity index (χ1) is 19.4. The Morgan fingerprint density at radius 3 is 2.55 bits per heavy atom. The Morgan fingerprint density at radius 2 is 1.80 bits per heavy atom. The molecule has 6 rings (SSSR count). The summed E-state index contributed by atoms with van der Waals surface area (Å²) in [5.74, 6) is -0.0817. The van der Waals surface area contributed by atoms with E-state index < -0.39 is 5.82 Å². The Labute approximate surface area is 234 Å². The van der Waals surface area contributed by atoms with Crippen LogP contribution in [0.1, 0.15) is 53.6 Å². The molecule has 1 aliphatic heterocycles. The predicted octanol–water partition coefficient (Wildman–Crippen LogP) is 3.92. The van der Waals surface area contributed by atoms with Gasteiger partial charge in [-0.1, -0.05) is 6.07 Å². The lowest BCUT2D eigenvalue weighted by Crippen LogP contribution is -2.32. The number of halogens is 1. The van der Waals surface area contributed by atoms with E-state index in [4.69, 9.17) is 0 Å². The standard InChI is InChI=1S/C32H39FN4O3/c1-21-28(16-24(17-30(21)33)31(39)34-26-6-7-26)23-5-8-27-29(15-23)25(20-37(32(27)40)18-22-3-4-22)19-36-10-2-9-35(11-12-36)13-14-38/h5,8,15-17,20,22,26,38H,2-4,6-7,9-14,18-19H2,1H3,(H,34,39). The third-order valence-electron chi connectivity index (χ3n) is 8.64. The monoisotopic (exact) mass is 546 g/mol. The van der Waals surface area contributed by atoms with E-state index in [9.17, 15) is 14.7 Å². The van der Waals surface area contributed by atoms with Crippen LogP contribution in [0.15, 0.2) is 41.3 Å². The smallest absolute Gasteiger partial charge is 0.258 e. The van der Waals surface area contributed by atoms with Gasteiger partial charge in [-0.05, 0) is 110 Å². The molecule has 0 radical (unpaired) electrons. The Morgan fingerprint density at radius 1 is 1.02 bits per heavy atom. The van der Waals surface area contributed by atoms with Crippen LogP contribution in [0.25, 0.3) is 21.9 Å². The molecule has 0 spiro atoms. The summed E-state index contributed by atoms with van der Waals surface area (Å²) < 4.78 is 16.9. The van der Waals surface area contributed by atoms with Gasteiger partial charge in [0.1, 0.15) is 5.82 Å². The number of hydrogen-bond donors (Lipinski definition) is 2. The molecule has 1 amide bonds. The average Bonchev–Trinajstić information content (AvgIpc) is 3.86. The molecule has 0 bridgehead atoms. The molecule has 0 atom stereocenters. The number of aromatic nitrogens is 1. The number of nitrogens with zero attached hydrogens (tertiary/aromatic N) is 3. The van der Waals surface area contributed by atoms with Gasteiger partial charge in [-0.25, -0.2) is 4.39 Å². The van der Waals surface area contributed by atoms with Crippen LogP contribution >= 0.6 is 0 Å². The number of fused-ring (bicyclic) bond motifs is 1. The number of β-amino-alcohol motifs (C(OH)–C–C–N with tert-alkyl or cyclic N) is 1. The van der Waals surface area contributed by atoms with Crippen LogP contribution in [0.5, 0.6) is 0 Å². The first kappa shape index (κ1) is 27.1. The maximum atomic E-state index is 15.1. The molecule has 2 aromatic carbocycles. The number of aliphatic hydroxyl groups is 1. The fraction of sp³-hybridized carbons (Fsp3) is 0.500. The highest BCUT2D eigenvalue weighted by Gasteiger charge is 2.26. The minimum atomic E-state index is -0.407. The van der Waals surface area contributed by atoms with E-state index in [1.54, 1.807) is 13.0 Å². The molecule has 7 nitrogen and oxygen atoms in total. The Bertz CT molecular complexity index is 1480. The molecule has 1 aromatic heterocycles. The van der Waals surface area contributed by atoms with E-state index in [1.165, 1.54) is 18.9 Å². The lowest BCUT2D eigenvalue weighted by Gasteiger charge is -2.23. The van der Waals surface area contributed by atoms with Crippen molar-refractivity contribution in [3.63, 3.8) is 0 Å². The second-order valence-electron chi connectivity index (χ2n) is 11.9. The Hall–Kier alpha value is -3.07. The zero-order valence-corrected chi connectivity index (χ0v) is 23.3. The normalized spacial score (nSPS) is 18.7. The molecule has 3 fully saturated rings. The van der Waals surface area contributed by atoms with Crippen LogP contribution in [-0.4, -0.2) is 70.8 Å². The van der Waals surface area contributed by atoms with Crippen molar-refractivity contribution in [2.24, 2.45) is 5.92 Å². The highest BCUT2D eigenvalue weighted by atomic mass is 19.1. The van der Waals surface area contributed by atoms with Gasteiger partial charge >= 0.3 is 0 Å². The summed E-state index contributed by atoms with van der Waals surface area (Å²) in [6.45, 7) is 7.78. The van der Waals surface area contributed by atoms with Gasteiger partial charge < -0.3 is 15.0 Å². The van der Waals surface area contributed by atoms with E-state index >= 15 is 4.39 Å². The van der Waals surface area contributed by atoms with Crippen molar-refractivity contribution in [1.82, 2.24) is 19.7 Å². The topological polar surface area (TPSA) is 77.8 Å². The average molecular weight is 547 g/mol. The summed E-state index contributed by atoms with van der Waals surface area (Å²) in [6.07, 6.45) is 7.33. The van der Waals surface area contributed by atoms with Crippen molar-refractivity contribution in [1.29, 1.82) is 0 Å². The molecule has 0 unspecified atom stereocenters. The van der Waals surface area contributed by atoms with Crippen LogP contribution in [-0.2, 0) is 13.1 Å². The minimum absolute atomic E-state index is 0.0163. The number of nitrogens with one attached hydrogen (secondary N) is 1. The Balaban J connectivity index is 1.38. The van der Waals surface area contributed by atoms with E-state index in [2.05, 4.69) is 15.1 Å². The van der Waals surface area contributed by atoms with Crippen molar-refractivity contribution in [3.05, 3.63) is 69.4 Å². The van der Waals surface area contributed by atoms with E-state index in [0.717, 1.165) is 75.0 Å². The molecule has 2 heterocycles. The van der Waals surface area contributed by atoms with E-state index in [1.807, 2.05) is 29.0 Å². The molecule has 40 heavy (non-hydrogen) atoms. The molecular formula is C32H39FN4O3. The number of pyridine rings is 1. The van der Waals surface area contributed by atoms with Crippen molar-refractivity contribution >= 4 is 16.7 Å². The number of benzene rings is 2. The number of aliphatic hydroxyl groups excluding tert-OH is 1.